The first kappa shape index (κ1) is 13.7. The molecule has 2 heterocycles. The van der Waals surface area contributed by atoms with Crippen LogP contribution >= 0.6 is 0 Å². The van der Waals surface area contributed by atoms with Gasteiger partial charge in [0.1, 0.15) is 0 Å². The van der Waals surface area contributed by atoms with Crippen molar-refractivity contribution in [1.29, 1.82) is 0 Å². The molecule has 2 amide bonds. The van der Waals surface area contributed by atoms with Gasteiger partial charge in [0.2, 0.25) is 11.8 Å². The van der Waals surface area contributed by atoms with Crippen LogP contribution in [0.25, 0.3) is 0 Å². The van der Waals surface area contributed by atoms with Crippen molar-refractivity contribution < 1.29 is 19.4 Å². The number of aliphatic hydroxyl groups is 1. The molecule has 0 aliphatic carbocycles. The van der Waals surface area contributed by atoms with Crippen LogP contribution in [0.4, 0.5) is 0 Å². The number of carbonyl (C=O) groups is 2. The maximum Gasteiger partial charge on any atom is 0.229 e. The second-order valence-electron chi connectivity index (χ2n) is 4.49. The van der Waals surface area contributed by atoms with Crippen LogP contribution in [0.15, 0.2) is 12.5 Å². The van der Waals surface area contributed by atoms with Gasteiger partial charge in [-0.05, 0) is 6.42 Å². The Hall–Kier alpha value is -1.73. The molecule has 0 radical (unpaired) electrons. The highest BCUT2D eigenvalue weighted by molar-refractivity contribution is 5.97. The number of hydrogen-bond acceptors (Lipinski definition) is 5. The lowest BCUT2D eigenvalue weighted by atomic mass is 10.0. The van der Waals surface area contributed by atoms with Gasteiger partial charge in [-0.25, -0.2) is 4.98 Å². The Kier molecular flexibility index (Phi) is 4.28. The first-order valence-corrected chi connectivity index (χ1v) is 6.16. The minimum atomic E-state index is -1.21. The molecule has 1 aromatic heterocycles. The molecule has 0 saturated carbocycles. The molecule has 2 atom stereocenters. The molecule has 1 saturated heterocycles. The summed E-state index contributed by atoms with van der Waals surface area (Å²) in [5.74, 6) is -0.534. The number of hydrogen-bond donors (Lipinski definition) is 2. The number of rotatable bonds is 5. The average molecular weight is 267 g/mol. The van der Waals surface area contributed by atoms with E-state index in [0.717, 1.165) is 10.6 Å². The summed E-state index contributed by atoms with van der Waals surface area (Å²) < 4.78 is 4.89. The Bertz CT molecular complexity index is 430. The minimum absolute atomic E-state index is 0.267. The van der Waals surface area contributed by atoms with E-state index >= 15 is 0 Å². The summed E-state index contributed by atoms with van der Waals surface area (Å²) in [5.41, 5.74) is 0.729. The largest absolute Gasteiger partial charge is 0.366 e. The summed E-state index contributed by atoms with van der Waals surface area (Å²) in [6.07, 6.45) is 3.37. The first-order chi connectivity index (χ1) is 9.13. The van der Waals surface area contributed by atoms with Crippen molar-refractivity contribution in [1.82, 2.24) is 14.9 Å². The third-order valence-corrected chi connectivity index (χ3v) is 3.20. The number of ether oxygens (including phenoxy) is 1. The highest BCUT2D eigenvalue weighted by atomic mass is 16.6. The van der Waals surface area contributed by atoms with Crippen molar-refractivity contribution in [3.8, 4) is 0 Å². The van der Waals surface area contributed by atoms with E-state index in [2.05, 4.69) is 9.97 Å². The number of imide groups is 1. The molecule has 1 aliphatic rings. The van der Waals surface area contributed by atoms with E-state index in [1.807, 2.05) is 0 Å². The predicted octanol–water partition coefficient (Wildman–Crippen LogP) is -0.175. The molecule has 2 rings (SSSR count). The van der Waals surface area contributed by atoms with Crippen LogP contribution in [0.1, 0.15) is 25.0 Å². The fraction of sp³-hybridized carbons (Fsp3) is 0.583. The topological polar surface area (TPSA) is 95.5 Å². The second kappa shape index (κ2) is 5.94. The number of aromatic nitrogens is 2. The number of aromatic amines is 1. The number of nitrogens with one attached hydrogen (secondary N) is 1. The molecule has 2 unspecified atom stereocenters. The molecule has 1 aliphatic heterocycles. The summed E-state index contributed by atoms with van der Waals surface area (Å²) in [5, 5.41) is 9.90. The molecule has 7 heteroatoms. The van der Waals surface area contributed by atoms with Crippen molar-refractivity contribution >= 4 is 11.8 Å². The predicted molar refractivity (Wildman–Crippen MR) is 64.8 cm³/mol. The van der Waals surface area contributed by atoms with E-state index in [4.69, 9.17) is 4.74 Å². The Morgan fingerprint density at radius 1 is 1.47 bits per heavy atom. The van der Waals surface area contributed by atoms with E-state index in [9.17, 15) is 14.7 Å². The molecule has 7 nitrogen and oxygen atoms in total. The van der Waals surface area contributed by atoms with Gasteiger partial charge in [0, 0.05) is 38.3 Å². The van der Waals surface area contributed by atoms with Crippen molar-refractivity contribution in [3.63, 3.8) is 0 Å². The van der Waals surface area contributed by atoms with E-state index < -0.39 is 12.3 Å². The van der Waals surface area contributed by atoms with Crippen LogP contribution in [-0.4, -0.2) is 51.2 Å². The molecule has 104 valence electrons. The number of piperidine rings is 1. The van der Waals surface area contributed by atoms with Crippen molar-refractivity contribution in [2.75, 3.05) is 7.11 Å². The lowest BCUT2D eigenvalue weighted by molar-refractivity contribution is -0.168. The van der Waals surface area contributed by atoms with E-state index in [1.54, 1.807) is 6.20 Å². The number of nitrogens with zero attached hydrogens (tertiary/aromatic N) is 2. The van der Waals surface area contributed by atoms with Crippen LogP contribution in [0.5, 0.6) is 0 Å². The van der Waals surface area contributed by atoms with Crippen LogP contribution < -0.4 is 0 Å². The molecular weight excluding hydrogens is 250 g/mol. The average Bonchev–Trinajstić information content (AvgIpc) is 2.89. The summed E-state index contributed by atoms with van der Waals surface area (Å²) in [7, 11) is 1.34. The van der Waals surface area contributed by atoms with E-state index in [-0.39, 0.29) is 18.2 Å². The molecule has 1 fully saturated rings. The lowest BCUT2D eigenvalue weighted by Gasteiger charge is -2.34. The summed E-state index contributed by atoms with van der Waals surface area (Å²) in [6, 6.07) is -0.731. The number of methoxy groups -OCH3 is 1. The number of imidazole rings is 1. The molecule has 0 aromatic carbocycles. The van der Waals surface area contributed by atoms with Gasteiger partial charge >= 0.3 is 0 Å². The normalized spacial score (nSPS) is 19.6. The highest BCUT2D eigenvalue weighted by Gasteiger charge is 2.36. The molecule has 2 N–H and O–H groups in total. The van der Waals surface area contributed by atoms with Crippen LogP contribution in [-0.2, 0) is 20.7 Å². The number of likely N-dealkylation sites (tertiary alicyclic amines) is 1. The summed E-state index contributed by atoms with van der Waals surface area (Å²) in [6.45, 7) is 0. The molecule has 1 aromatic rings. The van der Waals surface area contributed by atoms with Gasteiger partial charge in [-0.2, -0.15) is 0 Å². The zero-order valence-electron chi connectivity index (χ0n) is 10.7. The summed E-state index contributed by atoms with van der Waals surface area (Å²) >= 11 is 0. The third kappa shape index (κ3) is 2.99. The quantitative estimate of drug-likeness (QED) is 0.570. The summed E-state index contributed by atoms with van der Waals surface area (Å²) in [4.78, 5) is 31.7. The van der Waals surface area contributed by atoms with Gasteiger partial charge in [-0.1, -0.05) is 0 Å². The smallest absolute Gasteiger partial charge is 0.229 e. The maximum absolute atomic E-state index is 11.9. The molecular formula is C12H17N3O4. The lowest BCUT2D eigenvalue weighted by Crippen LogP contribution is -2.53. The molecule has 19 heavy (non-hydrogen) atoms. The Balaban J connectivity index is 2.20. The SMILES string of the molecule is COC(O)C(Cc1cnc[nH]1)N1C(=O)CCCC1=O. The van der Waals surface area contributed by atoms with Crippen molar-refractivity contribution in [2.45, 2.75) is 38.0 Å². The van der Waals surface area contributed by atoms with Gasteiger partial charge in [0.05, 0.1) is 12.4 Å². The fourth-order valence-electron chi connectivity index (χ4n) is 2.24. The van der Waals surface area contributed by atoms with Gasteiger partial charge in [0.25, 0.3) is 0 Å². The number of carbonyl (C=O) groups excluding carboxylic acids is 2. The van der Waals surface area contributed by atoms with E-state index in [1.165, 1.54) is 13.4 Å². The fourth-order valence-corrected chi connectivity index (χ4v) is 2.24. The molecule has 0 bridgehead atoms. The zero-order chi connectivity index (χ0) is 13.8. The monoisotopic (exact) mass is 267 g/mol. The Morgan fingerprint density at radius 2 is 2.16 bits per heavy atom. The van der Waals surface area contributed by atoms with Crippen LogP contribution in [0, 0.1) is 0 Å². The second-order valence-corrected chi connectivity index (χ2v) is 4.49. The highest BCUT2D eigenvalue weighted by Crippen LogP contribution is 2.20. The van der Waals surface area contributed by atoms with Crippen LogP contribution in [0.3, 0.4) is 0 Å². The van der Waals surface area contributed by atoms with Crippen LogP contribution in [0.2, 0.25) is 0 Å². The number of H-pyrrole nitrogens is 1. The standard InChI is InChI=1S/C12H17N3O4/c1-19-12(18)9(5-8-6-13-7-14-8)15-10(16)3-2-4-11(15)17/h6-7,9,12,18H,2-5H2,1H3,(H,13,14). The zero-order valence-corrected chi connectivity index (χ0v) is 10.7. The third-order valence-electron chi connectivity index (χ3n) is 3.20. The minimum Gasteiger partial charge on any atom is -0.366 e. The van der Waals surface area contributed by atoms with Crippen molar-refractivity contribution in [3.05, 3.63) is 18.2 Å². The molecule has 0 spiro atoms. The number of amides is 2. The Labute approximate surface area is 110 Å². The van der Waals surface area contributed by atoms with Gasteiger partial charge in [0.15, 0.2) is 6.29 Å². The first-order valence-electron chi connectivity index (χ1n) is 6.16. The van der Waals surface area contributed by atoms with E-state index in [0.29, 0.717) is 19.3 Å². The Morgan fingerprint density at radius 3 is 2.68 bits per heavy atom. The van der Waals surface area contributed by atoms with Gasteiger partial charge in [-0.15, -0.1) is 0 Å². The maximum atomic E-state index is 11.9. The van der Waals surface area contributed by atoms with Gasteiger partial charge < -0.3 is 14.8 Å². The number of aliphatic hydroxyl groups excluding tert-OH is 1. The van der Waals surface area contributed by atoms with Gasteiger partial charge in [-0.3, -0.25) is 14.5 Å². The van der Waals surface area contributed by atoms with Crippen molar-refractivity contribution in [2.24, 2.45) is 0 Å².